The molecular weight excluding hydrogens is 164 g/mol. The average molecular weight is 180 g/mol. The first-order chi connectivity index (χ1) is 6.15. The maximum absolute atomic E-state index is 9.39. The highest BCUT2D eigenvalue weighted by Gasteiger charge is 2.03. The van der Waals surface area contributed by atoms with Crippen LogP contribution in [-0.2, 0) is 0 Å². The van der Waals surface area contributed by atoms with Gasteiger partial charge >= 0.3 is 0 Å². The molecule has 0 aliphatic heterocycles. The number of aryl methyl sites for hydroxylation is 2. The third kappa shape index (κ3) is 2.38. The minimum atomic E-state index is 0.335. The lowest BCUT2D eigenvalue weighted by Gasteiger charge is -2.09. The van der Waals surface area contributed by atoms with E-state index in [-0.39, 0.29) is 0 Å². The van der Waals surface area contributed by atoms with Crippen LogP contribution >= 0.6 is 0 Å². The van der Waals surface area contributed by atoms with Gasteiger partial charge in [0.15, 0.2) is 0 Å². The summed E-state index contributed by atoms with van der Waals surface area (Å²) in [5.74, 6) is 1.21. The standard InChI is InChI=1S/C11H16O2/c1-4-5-13-11-7-8(2)10(12)6-9(11)3/h6-7,12H,4-5H2,1-3H3. The Hall–Kier alpha value is -1.18. The van der Waals surface area contributed by atoms with E-state index in [0.29, 0.717) is 5.75 Å². The molecule has 13 heavy (non-hydrogen) atoms. The Balaban J connectivity index is 2.88. The van der Waals surface area contributed by atoms with Gasteiger partial charge < -0.3 is 9.84 Å². The largest absolute Gasteiger partial charge is 0.508 e. The molecule has 0 radical (unpaired) electrons. The second-order valence-corrected chi connectivity index (χ2v) is 3.25. The van der Waals surface area contributed by atoms with Gasteiger partial charge in [-0.2, -0.15) is 0 Å². The van der Waals surface area contributed by atoms with Crippen molar-refractivity contribution in [3.63, 3.8) is 0 Å². The van der Waals surface area contributed by atoms with Crippen LogP contribution < -0.4 is 4.74 Å². The van der Waals surface area contributed by atoms with E-state index in [4.69, 9.17) is 4.74 Å². The molecule has 0 aliphatic rings. The molecule has 2 heteroatoms. The number of hydrogen-bond acceptors (Lipinski definition) is 2. The van der Waals surface area contributed by atoms with Crippen molar-refractivity contribution in [2.45, 2.75) is 27.2 Å². The smallest absolute Gasteiger partial charge is 0.122 e. The maximum Gasteiger partial charge on any atom is 0.122 e. The van der Waals surface area contributed by atoms with Crippen LogP contribution in [-0.4, -0.2) is 11.7 Å². The lowest BCUT2D eigenvalue weighted by molar-refractivity contribution is 0.314. The van der Waals surface area contributed by atoms with Crippen LogP contribution in [0.25, 0.3) is 0 Å². The summed E-state index contributed by atoms with van der Waals surface area (Å²) in [6, 6.07) is 3.61. The van der Waals surface area contributed by atoms with E-state index in [0.717, 1.165) is 29.9 Å². The Labute approximate surface area is 79.2 Å². The van der Waals surface area contributed by atoms with Crippen molar-refractivity contribution >= 4 is 0 Å². The van der Waals surface area contributed by atoms with Crippen molar-refractivity contribution in [3.8, 4) is 11.5 Å². The number of benzene rings is 1. The van der Waals surface area contributed by atoms with Crippen LogP contribution in [0.1, 0.15) is 24.5 Å². The molecule has 1 aromatic rings. The summed E-state index contributed by atoms with van der Waals surface area (Å²) < 4.78 is 5.51. The number of ether oxygens (including phenoxy) is 1. The first-order valence-electron chi connectivity index (χ1n) is 4.58. The molecule has 1 aromatic carbocycles. The minimum Gasteiger partial charge on any atom is -0.508 e. The monoisotopic (exact) mass is 180 g/mol. The molecule has 1 rings (SSSR count). The van der Waals surface area contributed by atoms with E-state index in [1.807, 2.05) is 19.9 Å². The molecule has 2 nitrogen and oxygen atoms in total. The van der Waals surface area contributed by atoms with Crippen molar-refractivity contribution in [1.29, 1.82) is 0 Å². The van der Waals surface area contributed by atoms with Crippen molar-refractivity contribution in [2.75, 3.05) is 6.61 Å². The van der Waals surface area contributed by atoms with E-state index in [2.05, 4.69) is 6.92 Å². The molecule has 0 fully saturated rings. The van der Waals surface area contributed by atoms with Crippen molar-refractivity contribution in [2.24, 2.45) is 0 Å². The van der Waals surface area contributed by atoms with Crippen molar-refractivity contribution in [1.82, 2.24) is 0 Å². The second kappa shape index (κ2) is 4.17. The molecule has 0 bridgehead atoms. The van der Waals surface area contributed by atoms with Gasteiger partial charge in [-0.1, -0.05) is 6.92 Å². The Morgan fingerprint density at radius 2 is 1.92 bits per heavy atom. The zero-order chi connectivity index (χ0) is 9.84. The summed E-state index contributed by atoms with van der Waals surface area (Å²) in [5.41, 5.74) is 1.84. The molecular formula is C11H16O2. The third-order valence-electron chi connectivity index (χ3n) is 1.96. The molecule has 0 amide bonds. The predicted octanol–water partition coefficient (Wildman–Crippen LogP) is 2.80. The molecule has 0 aliphatic carbocycles. The van der Waals surface area contributed by atoms with Crippen LogP contribution in [0.5, 0.6) is 11.5 Å². The summed E-state index contributed by atoms with van der Waals surface area (Å²) >= 11 is 0. The summed E-state index contributed by atoms with van der Waals surface area (Å²) in [7, 11) is 0. The lowest BCUT2D eigenvalue weighted by Crippen LogP contribution is -1.97. The zero-order valence-corrected chi connectivity index (χ0v) is 8.42. The number of aromatic hydroxyl groups is 1. The summed E-state index contributed by atoms with van der Waals surface area (Å²) in [4.78, 5) is 0. The fourth-order valence-electron chi connectivity index (χ4n) is 1.14. The minimum absolute atomic E-state index is 0.335. The number of phenolic OH excluding ortho intramolecular Hbond substituents is 1. The highest BCUT2D eigenvalue weighted by Crippen LogP contribution is 2.26. The molecule has 0 atom stereocenters. The molecule has 0 aromatic heterocycles. The normalized spacial score (nSPS) is 10.1. The lowest BCUT2D eigenvalue weighted by atomic mass is 10.1. The van der Waals surface area contributed by atoms with Crippen LogP contribution in [0.3, 0.4) is 0 Å². The zero-order valence-electron chi connectivity index (χ0n) is 8.42. The number of hydrogen-bond donors (Lipinski definition) is 1. The Morgan fingerprint density at radius 3 is 2.54 bits per heavy atom. The van der Waals surface area contributed by atoms with Crippen LogP contribution in [0.15, 0.2) is 12.1 Å². The van der Waals surface area contributed by atoms with Crippen LogP contribution in [0.2, 0.25) is 0 Å². The van der Waals surface area contributed by atoms with Crippen LogP contribution in [0, 0.1) is 13.8 Å². The summed E-state index contributed by atoms with van der Waals surface area (Å²) in [6.07, 6.45) is 0.999. The van der Waals surface area contributed by atoms with Gasteiger partial charge in [-0.25, -0.2) is 0 Å². The molecule has 0 saturated carbocycles. The maximum atomic E-state index is 9.39. The van der Waals surface area contributed by atoms with Gasteiger partial charge in [0.2, 0.25) is 0 Å². The highest BCUT2D eigenvalue weighted by molar-refractivity contribution is 5.44. The van der Waals surface area contributed by atoms with E-state index in [1.165, 1.54) is 0 Å². The van der Waals surface area contributed by atoms with E-state index in [1.54, 1.807) is 6.07 Å². The third-order valence-corrected chi connectivity index (χ3v) is 1.96. The molecule has 0 heterocycles. The van der Waals surface area contributed by atoms with Gasteiger partial charge in [0.25, 0.3) is 0 Å². The van der Waals surface area contributed by atoms with Gasteiger partial charge in [0.05, 0.1) is 6.61 Å². The topological polar surface area (TPSA) is 29.5 Å². The van der Waals surface area contributed by atoms with Crippen molar-refractivity contribution in [3.05, 3.63) is 23.3 Å². The van der Waals surface area contributed by atoms with Gasteiger partial charge in [0, 0.05) is 0 Å². The summed E-state index contributed by atoms with van der Waals surface area (Å²) in [6.45, 7) is 6.60. The second-order valence-electron chi connectivity index (χ2n) is 3.25. The quantitative estimate of drug-likeness (QED) is 0.775. The average Bonchev–Trinajstić information content (AvgIpc) is 2.09. The van der Waals surface area contributed by atoms with Gasteiger partial charge in [0.1, 0.15) is 11.5 Å². The van der Waals surface area contributed by atoms with E-state index < -0.39 is 0 Å². The highest BCUT2D eigenvalue weighted by atomic mass is 16.5. The fourth-order valence-corrected chi connectivity index (χ4v) is 1.14. The SMILES string of the molecule is CCCOc1cc(C)c(O)cc1C. The van der Waals surface area contributed by atoms with E-state index >= 15 is 0 Å². The molecule has 1 N–H and O–H groups in total. The number of rotatable bonds is 3. The Kier molecular flexibility index (Phi) is 3.18. The molecule has 72 valence electrons. The molecule has 0 saturated heterocycles. The Bertz CT molecular complexity index is 292. The van der Waals surface area contributed by atoms with Gasteiger partial charge in [-0.05, 0) is 43.5 Å². The van der Waals surface area contributed by atoms with Gasteiger partial charge in [-0.3, -0.25) is 0 Å². The first-order valence-corrected chi connectivity index (χ1v) is 4.58. The van der Waals surface area contributed by atoms with Crippen LogP contribution in [0.4, 0.5) is 0 Å². The number of phenols is 1. The fraction of sp³-hybridized carbons (Fsp3) is 0.455. The first kappa shape index (κ1) is 9.90. The molecule has 0 spiro atoms. The summed E-state index contributed by atoms with van der Waals surface area (Å²) in [5, 5.41) is 9.39. The van der Waals surface area contributed by atoms with Crippen molar-refractivity contribution < 1.29 is 9.84 Å². The predicted molar refractivity (Wildman–Crippen MR) is 53.4 cm³/mol. The molecule has 0 unspecified atom stereocenters. The Morgan fingerprint density at radius 1 is 1.23 bits per heavy atom. The van der Waals surface area contributed by atoms with E-state index in [9.17, 15) is 5.11 Å². The van der Waals surface area contributed by atoms with Gasteiger partial charge in [-0.15, -0.1) is 0 Å².